The molecule has 1 aliphatic heterocycles. The number of hydrogen-bond acceptors (Lipinski definition) is 5. The largest absolute Gasteiger partial charge is 0.456 e. The monoisotopic (exact) mass is 401 g/mol. The van der Waals surface area contributed by atoms with Gasteiger partial charge in [0, 0.05) is 5.56 Å². The molecule has 0 saturated carbocycles. The molecule has 8 heteroatoms. The number of fused-ring (bicyclic) bond motifs is 1. The minimum absolute atomic E-state index is 0.168. The van der Waals surface area contributed by atoms with Crippen LogP contribution in [0.25, 0.3) is 0 Å². The Morgan fingerprint density at radius 2 is 1.55 bits per heavy atom. The van der Waals surface area contributed by atoms with Crippen molar-refractivity contribution in [3.63, 3.8) is 0 Å². The van der Waals surface area contributed by atoms with Crippen LogP contribution in [0, 0.1) is 17.6 Å². The lowest BCUT2D eigenvalue weighted by Gasteiger charge is -2.27. The molecule has 0 N–H and O–H groups in total. The SMILES string of the molecule is CC(C)[C@H](C(=O)OCC(=O)c1ccc(F)c(F)c1)N1C(=O)c2ccccc2C1=O. The van der Waals surface area contributed by atoms with Crippen LogP contribution in [-0.4, -0.2) is 41.1 Å². The van der Waals surface area contributed by atoms with Crippen molar-refractivity contribution >= 4 is 23.6 Å². The average Bonchev–Trinajstić information content (AvgIpc) is 2.93. The first-order chi connectivity index (χ1) is 13.7. The summed E-state index contributed by atoms with van der Waals surface area (Å²) in [6.07, 6.45) is 0. The highest BCUT2D eigenvalue weighted by Gasteiger charge is 2.44. The summed E-state index contributed by atoms with van der Waals surface area (Å²) in [5.74, 6) is -5.71. The number of imide groups is 1. The number of rotatable bonds is 6. The normalized spacial score (nSPS) is 14.2. The van der Waals surface area contributed by atoms with Crippen LogP contribution in [0.2, 0.25) is 0 Å². The number of halogens is 2. The highest BCUT2D eigenvalue weighted by molar-refractivity contribution is 6.22. The van der Waals surface area contributed by atoms with Gasteiger partial charge in [-0.2, -0.15) is 0 Å². The lowest BCUT2D eigenvalue weighted by Crippen LogP contribution is -2.49. The minimum Gasteiger partial charge on any atom is -0.456 e. The number of nitrogens with zero attached hydrogens (tertiary/aromatic N) is 1. The molecule has 0 fully saturated rings. The molecule has 1 atom stereocenters. The van der Waals surface area contributed by atoms with E-state index in [1.54, 1.807) is 26.0 Å². The molecular weight excluding hydrogens is 384 g/mol. The van der Waals surface area contributed by atoms with Gasteiger partial charge < -0.3 is 4.74 Å². The van der Waals surface area contributed by atoms with Crippen LogP contribution >= 0.6 is 0 Å². The second-order valence-electron chi connectivity index (χ2n) is 6.87. The zero-order chi connectivity index (χ0) is 21.3. The third kappa shape index (κ3) is 3.78. The quantitative estimate of drug-likeness (QED) is 0.422. The maximum Gasteiger partial charge on any atom is 0.330 e. The number of amides is 2. The van der Waals surface area contributed by atoms with Crippen molar-refractivity contribution in [2.24, 2.45) is 5.92 Å². The molecule has 0 saturated heterocycles. The predicted molar refractivity (Wildman–Crippen MR) is 97.2 cm³/mol. The van der Waals surface area contributed by atoms with Crippen LogP contribution in [0.5, 0.6) is 0 Å². The number of ether oxygens (including phenoxy) is 1. The van der Waals surface area contributed by atoms with Gasteiger partial charge in [0.05, 0.1) is 11.1 Å². The van der Waals surface area contributed by atoms with Gasteiger partial charge in [-0.25, -0.2) is 13.6 Å². The zero-order valence-corrected chi connectivity index (χ0v) is 15.6. The molecule has 0 unspecified atom stereocenters. The van der Waals surface area contributed by atoms with Gasteiger partial charge in [0.1, 0.15) is 6.04 Å². The highest BCUT2D eigenvalue weighted by Crippen LogP contribution is 2.27. The summed E-state index contributed by atoms with van der Waals surface area (Å²) in [6.45, 7) is 2.52. The molecule has 150 valence electrons. The Hall–Kier alpha value is -3.42. The maximum atomic E-state index is 13.3. The molecular formula is C21H17F2NO5. The first kappa shape index (κ1) is 20.3. The van der Waals surface area contributed by atoms with E-state index in [0.29, 0.717) is 6.07 Å². The summed E-state index contributed by atoms with van der Waals surface area (Å²) < 4.78 is 31.3. The average molecular weight is 401 g/mol. The van der Waals surface area contributed by atoms with Crippen LogP contribution < -0.4 is 0 Å². The third-order valence-electron chi connectivity index (χ3n) is 4.56. The van der Waals surface area contributed by atoms with Crippen molar-refractivity contribution in [1.29, 1.82) is 0 Å². The Morgan fingerprint density at radius 1 is 0.966 bits per heavy atom. The van der Waals surface area contributed by atoms with Gasteiger partial charge in [-0.05, 0) is 36.2 Å². The van der Waals surface area contributed by atoms with E-state index in [-0.39, 0.29) is 16.7 Å². The second-order valence-corrected chi connectivity index (χ2v) is 6.87. The molecule has 1 heterocycles. The van der Waals surface area contributed by atoms with E-state index in [9.17, 15) is 28.0 Å². The van der Waals surface area contributed by atoms with Crippen molar-refractivity contribution in [2.75, 3.05) is 6.61 Å². The molecule has 0 aliphatic carbocycles. The van der Waals surface area contributed by atoms with Crippen molar-refractivity contribution in [2.45, 2.75) is 19.9 Å². The Kier molecular flexibility index (Phi) is 5.54. The molecule has 3 rings (SSSR count). The van der Waals surface area contributed by atoms with E-state index in [1.165, 1.54) is 12.1 Å². The number of hydrogen-bond donors (Lipinski definition) is 0. The lowest BCUT2D eigenvalue weighted by atomic mass is 10.0. The van der Waals surface area contributed by atoms with Gasteiger partial charge in [0.2, 0.25) is 0 Å². The first-order valence-electron chi connectivity index (χ1n) is 8.84. The Bertz CT molecular complexity index is 983. The maximum absolute atomic E-state index is 13.3. The van der Waals surface area contributed by atoms with Gasteiger partial charge in [-0.3, -0.25) is 19.3 Å². The van der Waals surface area contributed by atoms with Crippen LogP contribution in [0.15, 0.2) is 42.5 Å². The van der Waals surface area contributed by atoms with Gasteiger partial charge in [-0.1, -0.05) is 26.0 Å². The summed E-state index contributed by atoms with van der Waals surface area (Å²) in [5, 5.41) is 0. The van der Waals surface area contributed by atoms with Crippen molar-refractivity contribution in [3.8, 4) is 0 Å². The number of esters is 1. The molecule has 0 radical (unpaired) electrons. The van der Waals surface area contributed by atoms with Gasteiger partial charge in [0.15, 0.2) is 24.0 Å². The summed E-state index contributed by atoms with van der Waals surface area (Å²) in [6, 6.07) is 7.53. The zero-order valence-electron chi connectivity index (χ0n) is 15.6. The Balaban J connectivity index is 1.75. The molecule has 0 spiro atoms. The van der Waals surface area contributed by atoms with E-state index >= 15 is 0 Å². The standard InChI is InChI=1S/C21H17F2NO5/c1-11(2)18(24-19(26)13-5-3-4-6-14(13)20(24)27)21(28)29-10-17(25)12-7-8-15(22)16(23)9-12/h3-9,11,18H,10H2,1-2H3/t18-/m1/s1. The molecule has 1 aliphatic rings. The van der Waals surface area contributed by atoms with Crippen LogP contribution in [-0.2, 0) is 9.53 Å². The van der Waals surface area contributed by atoms with Crippen LogP contribution in [0.3, 0.4) is 0 Å². The van der Waals surface area contributed by atoms with E-state index in [4.69, 9.17) is 4.74 Å². The highest BCUT2D eigenvalue weighted by atomic mass is 19.2. The molecule has 2 amide bonds. The fourth-order valence-electron chi connectivity index (χ4n) is 3.11. The summed E-state index contributed by atoms with van der Waals surface area (Å²) >= 11 is 0. The summed E-state index contributed by atoms with van der Waals surface area (Å²) in [4.78, 5) is 50.8. The minimum atomic E-state index is -1.24. The summed E-state index contributed by atoms with van der Waals surface area (Å²) in [7, 11) is 0. The smallest absolute Gasteiger partial charge is 0.330 e. The Labute approximate surface area is 165 Å². The number of carbonyl (C=O) groups excluding carboxylic acids is 4. The lowest BCUT2D eigenvalue weighted by molar-refractivity contribution is -0.148. The number of benzene rings is 2. The third-order valence-corrected chi connectivity index (χ3v) is 4.56. The first-order valence-corrected chi connectivity index (χ1v) is 8.84. The molecule has 6 nitrogen and oxygen atoms in total. The number of ketones is 1. The van der Waals surface area contributed by atoms with Gasteiger partial charge >= 0.3 is 5.97 Å². The van der Waals surface area contributed by atoms with Crippen molar-refractivity contribution in [1.82, 2.24) is 4.90 Å². The molecule has 0 aromatic heterocycles. The van der Waals surface area contributed by atoms with Crippen LogP contribution in [0.1, 0.15) is 44.9 Å². The summed E-state index contributed by atoms with van der Waals surface area (Å²) in [5.41, 5.74) is 0.209. The molecule has 2 aromatic rings. The van der Waals surface area contributed by atoms with E-state index in [1.807, 2.05) is 0 Å². The predicted octanol–water partition coefficient (Wildman–Crippen LogP) is 3.01. The number of Topliss-reactive ketones (excluding diaryl/α,β-unsaturated/α-hetero) is 1. The van der Waals surface area contributed by atoms with E-state index < -0.39 is 53.8 Å². The van der Waals surface area contributed by atoms with Crippen LogP contribution in [0.4, 0.5) is 8.78 Å². The Morgan fingerprint density at radius 3 is 2.07 bits per heavy atom. The number of carbonyl (C=O) groups is 4. The fraction of sp³-hybridized carbons (Fsp3) is 0.238. The molecule has 2 aromatic carbocycles. The second kappa shape index (κ2) is 7.90. The fourth-order valence-corrected chi connectivity index (χ4v) is 3.11. The van der Waals surface area contributed by atoms with Crippen molar-refractivity contribution in [3.05, 3.63) is 70.8 Å². The topological polar surface area (TPSA) is 80.8 Å². The van der Waals surface area contributed by atoms with Gasteiger partial charge in [-0.15, -0.1) is 0 Å². The van der Waals surface area contributed by atoms with E-state index in [2.05, 4.69) is 0 Å². The van der Waals surface area contributed by atoms with E-state index in [0.717, 1.165) is 17.0 Å². The molecule has 29 heavy (non-hydrogen) atoms. The van der Waals surface area contributed by atoms with Crippen molar-refractivity contribution < 1.29 is 32.7 Å². The molecule has 0 bridgehead atoms. The van der Waals surface area contributed by atoms with Gasteiger partial charge in [0.25, 0.3) is 11.8 Å².